The van der Waals surface area contributed by atoms with Gasteiger partial charge in [0.25, 0.3) is 0 Å². The Balaban J connectivity index is 1.71. The fraction of sp³-hybridized carbons (Fsp3) is 0.312. The number of fused-ring (bicyclic) bond motifs is 1. The molecule has 0 spiro atoms. The molecule has 1 fully saturated rings. The minimum Gasteiger partial charge on any atom is -0.379 e. The van der Waals surface area contributed by atoms with Crippen molar-refractivity contribution in [1.29, 1.82) is 0 Å². The van der Waals surface area contributed by atoms with Gasteiger partial charge in [-0.05, 0) is 24.3 Å². The number of aromatic nitrogens is 4. The Hall–Kier alpha value is -2.56. The van der Waals surface area contributed by atoms with Crippen LogP contribution >= 0.6 is 0 Å². The first-order chi connectivity index (χ1) is 12.6. The van der Waals surface area contributed by atoms with Crippen molar-refractivity contribution in [2.75, 3.05) is 26.3 Å². The number of hydrogen-bond donors (Lipinski definition) is 0. The Labute approximate surface area is 149 Å². The summed E-state index contributed by atoms with van der Waals surface area (Å²) in [5.41, 5.74) is 0.663. The van der Waals surface area contributed by atoms with Crippen LogP contribution in [0.2, 0.25) is 0 Å². The van der Waals surface area contributed by atoms with Crippen molar-refractivity contribution in [3.05, 3.63) is 58.9 Å². The number of hydrogen-bond acceptors (Lipinski definition) is 6. The SMILES string of the molecule is O=c1n(Cc2ccccn2)nc2ccc(S(=O)(=O)N3CCOCC3)cn12. The van der Waals surface area contributed by atoms with Crippen LogP contribution in [-0.2, 0) is 21.3 Å². The summed E-state index contributed by atoms with van der Waals surface area (Å²) >= 11 is 0. The number of nitrogens with zero attached hydrogens (tertiary/aromatic N) is 5. The molecule has 0 unspecified atom stereocenters. The molecule has 4 rings (SSSR count). The van der Waals surface area contributed by atoms with Crippen LogP contribution in [-0.4, -0.2) is 58.2 Å². The Bertz CT molecular complexity index is 1080. The molecule has 0 saturated carbocycles. The largest absolute Gasteiger partial charge is 0.379 e. The molecule has 10 heteroatoms. The third-order valence-electron chi connectivity index (χ3n) is 4.20. The summed E-state index contributed by atoms with van der Waals surface area (Å²) in [5, 5.41) is 4.24. The van der Waals surface area contributed by atoms with E-state index >= 15 is 0 Å². The Morgan fingerprint density at radius 2 is 1.92 bits per heavy atom. The summed E-state index contributed by atoms with van der Waals surface area (Å²) in [7, 11) is -3.68. The highest BCUT2D eigenvalue weighted by Gasteiger charge is 2.27. The van der Waals surface area contributed by atoms with E-state index in [0.29, 0.717) is 37.6 Å². The molecule has 3 aromatic heterocycles. The van der Waals surface area contributed by atoms with Gasteiger partial charge >= 0.3 is 5.69 Å². The van der Waals surface area contributed by atoms with Gasteiger partial charge < -0.3 is 4.74 Å². The molecular weight excluding hydrogens is 358 g/mol. The fourth-order valence-corrected chi connectivity index (χ4v) is 4.24. The van der Waals surface area contributed by atoms with Crippen molar-refractivity contribution in [2.45, 2.75) is 11.4 Å². The molecule has 0 aromatic carbocycles. The van der Waals surface area contributed by atoms with Gasteiger partial charge in [-0.15, -0.1) is 5.10 Å². The summed E-state index contributed by atoms with van der Waals surface area (Å²) in [6.07, 6.45) is 2.97. The lowest BCUT2D eigenvalue weighted by Crippen LogP contribution is -2.40. The van der Waals surface area contributed by atoms with Crippen LogP contribution in [0.5, 0.6) is 0 Å². The van der Waals surface area contributed by atoms with Crippen molar-refractivity contribution in [3.8, 4) is 0 Å². The maximum Gasteiger partial charge on any atom is 0.350 e. The second kappa shape index (κ2) is 6.63. The molecule has 0 bridgehead atoms. The van der Waals surface area contributed by atoms with Gasteiger partial charge in [0.1, 0.15) is 0 Å². The maximum atomic E-state index is 12.8. The van der Waals surface area contributed by atoms with Gasteiger partial charge in [-0.1, -0.05) is 6.07 Å². The van der Waals surface area contributed by atoms with Crippen LogP contribution in [0.25, 0.3) is 5.65 Å². The van der Waals surface area contributed by atoms with E-state index in [4.69, 9.17) is 4.74 Å². The van der Waals surface area contributed by atoms with Crippen LogP contribution < -0.4 is 5.69 Å². The lowest BCUT2D eigenvalue weighted by molar-refractivity contribution is 0.0730. The number of sulfonamides is 1. The minimum atomic E-state index is -3.68. The van der Waals surface area contributed by atoms with E-state index in [1.165, 1.54) is 31.7 Å². The molecule has 0 amide bonds. The summed E-state index contributed by atoms with van der Waals surface area (Å²) in [4.78, 5) is 16.8. The normalized spacial score (nSPS) is 16.2. The number of pyridine rings is 2. The highest BCUT2D eigenvalue weighted by atomic mass is 32.2. The van der Waals surface area contributed by atoms with Crippen LogP contribution in [0, 0.1) is 0 Å². The molecule has 4 heterocycles. The summed E-state index contributed by atoms with van der Waals surface area (Å²) in [6, 6.07) is 8.42. The summed E-state index contributed by atoms with van der Waals surface area (Å²) in [5.74, 6) is 0. The van der Waals surface area contributed by atoms with Crippen molar-refractivity contribution in [3.63, 3.8) is 0 Å². The third-order valence-corrected chi connectivity index (χ3v) is 6.08. The topological polar surface area (TPSA) is 98.8 Å². The first-order valence-corrected chi connectivity index (χ1v) is 9.57. The van der Waals surface area contributed by atoms with Crippen LogP contribution in [0.3, 0.4) is 0 Å². The number of ether oxygens (including phenoxy) is 1. The molecule has 9 nitrogen and oxygen atoms in total. The fourth-order valence-electron chi connectivity index (χ4n) is 2.84. The molecule has 1 aliphatic heterocycles. The molecular formula is C16H17N5O4S. The van der Waals surface area contributed by atoms with Gasteiger partial charge in [-0.3, -0.25) is 4.98 Å². The smallest absolute Gasteiger partial charge is 0.350 e. The van der Waals surface area contributed by atoms with Crippen molar-refractivity contribution in [2.24, 2.45) is 0 Å². The average molecular weight is 375 g/mol. The quantitative estimate of drug-likeness (QED) is 0.635. The summed E-state index contributed by atoms with van der Waals surface area (Å²) in [6.45, 7) is 1.54. The molecule has 26 heavy (non-hydrogen) atoms. The van der Waals surface area contributed by atoms with Crippen LogP contribution in [0.4, 0.5) is 0 Å². The number of rotatable bonds is 4. The molecule has 1 saturated heterocycles. The minimum absolute atomic E-state index is 0.0615. The van der Waals surface area contributed by atoms with E-state index < -0.39 is 15.7 Å². The molecule has 3 aromatic rings. The third kappa shape index (κ3) is 3.02. The van der Waals surface area contributed by atoms with E-state index in [0.717, 1.165) is 0 Å². The Morgan fingerprint density at radius 3 is 2.65 bits per heavy atom. The first kappa shape index (κ1) is 16.9. The molecule has 0 atom stereocenters. The van der Waals surface area contributed by atoms with E-state index in [1.54, 1.807) is 18.3 Å². The van der Waals surface area contributed by atoms with Crippen LogP contribution in [0.15, 0.2) is 52.4 Å². The second-order valence-corrected chi connectivity index (χ2v) is 7.81. The maximum absolute atomic E-state index is 12.8. The zero-order valence-electron chi connectivity index (χ0n) is 13.9. The van der Waals surface area contributed by atoms with E-state index in [2.05, 4.69) is 10.1 Å². The highest BCUT2D eigenvalue weighted by molar-refractivity contribution is 7.89. The molecule has 0 aliphatic carbocycles. The molecule has 0 radical (unpaired) electrons. The molecule has 0 N–H and O–H groups in total. The number of morpholine rings is 1. The average Bonchev–Trinajstić information content (AvgIpc) is 2.98. The Morgan fingerprint density at radius 1 is 1.12 bits per heavy atom. The lowest BCUT2D eigenvalue weighted by Gasteiger charge is -2.25. The lowest BCUT2D eigenvalue weighted by atomic mass is 10.3. The molecule has 1 aliphatic rings. The van der Waals surface area contributed by atoms with Gasteiger partial charge in [0.05, 0.1) is 30.3 Å². The molecule has 136 valence electrons. The predicted octanol–water partition coefficient (Wildman–Crippen LogP) is -0.0398. The zero-order chi connectivity index (χ0) is 18.1. The first-order valence-electron chi connectivity index (χ1n) is 8.13. The second-order valence-electron chi connectivity index (χ2n) is 5.87. The standard InChI is InChI=1S/C16H17N5O4S/c22-16-20-12-14(26(23,24)19-7-9-25-10-8-19)4-5-15(20)18-21(16)11-13-3-1-2-6-17-13/h1-6,12H,7-11H2. The monoisotopic (exact) mass is 375 g/mol. The zero-order valence-corrected chi connectivity index (χ0v) is 14.7. The van der Waals surface area contributed by atoms with Crippen molar-refractivity contribution < 1.29 is 13.2 Å². The predicted molar refractivity (Wildman–Crippen MR) is 92.4 cm³/mol. The van der Waals surface area contributed by atoms with Gasteiger partial charge in [0, 0.05) is 25.5 Å². The van der Waals surface area contributed by atoms with Gasteiger partial charge in [0.2, 0.25) is 10.0 Å². The van der Waals surface area contributed by atoms with E-state index in [1.807, 2.05) is 6.07 Å². The summed E-state index contributed by atoms with van der Waals surface area (Å²) < 4.78 is 34.6. The van der Waals surface area contributed by atoms with Gasteiger partial charge in [0.15, 0.2) is 5.65 Å². The highest BCUT2D eigenvalue weighted by Crippen LogP contribution is 2.17. The van der Waals surface area contributed by atoms with Gasteiger partial charge in [-0.25, -0.2) is 22.3 Å². The van der Waals surface area contributed by atoms with Crippen molar-refractivity contribution in [1.82, 2.24) is 23.5 Å². The van der Waals surface area contributed by atoms with Crippen molar-refractivity contribution >= 4 is 15.7 Å². The Kier molecular flexibility index (Phi) is 4.31. The van der Waals surface area contributed by atoms with Crippen LogP contribution in [0.1, 0.15) is 5.69 Å². The van der Waals surface area contributed by atoms with E-state index in [-0.39, 0.29) is 11.4 Å². The van der Waals surface area contributed by atoms with Gasteiger partial charge in [-0.2, -0.15) is 4.31 Å². The van der Waals surface area contributed by atoms with E-state index in [9.17, 15) is 13.2 Å².